The molecule has 1 aromatic rings. The standard InChI is InChI=1S/C19H19NO4/c1-9(21)10-2-4-11(5-3-10)20-18(22)16-12-6-7-13(15-8-14(12)15)17(16)19(23)24/h2-7,12-17H,8H2,1H3,(H,20,22)(H,23,24)/t12-,13-,14-,15-,16+,17-/m0/s1. The van der Waals surface area contributed by atoms with Crippen molar-refractivity contribution in [2.24, 2.45) is 35.5 Å². The van der Waals surface area contributed by atoms with Gasteiger partial charge in [0.25, 0.3) is 0 Å². The fraction of sp³-hybridized carbons (Fsp3) is 0.421. The molecule has 2 saturated carbocycles. The number of hydrogen-bond acceptors (Lipinski definition) is 3. The zero-order valence-electron chi connectivity index (χ0n) is 13.3. The highest BCUT2D eigenvalue weighted by atomic mass is 16.4. The fourth-order valence-corrected chi connectivity index (χ4v) is 4.58. The second kappa shape index (κ2) is 5.30. The van der Waals surface area contributed by atoms with E-state index in [-0.39, 0.29) is 23.5 Å². The predicted octanol–water partition coefficient (Wildman–Crippen LogP) is 2.60. The first kappa shape index (κ1) is 15.1. The second-order valence-electron chi connectivity index (χ2n) is 7.12. The molecule has 1 amide bonds. The van der Waals surface area contributed by atoms with Crippen molar-refractivity contribution in [2.45, 2.75) is 13.3 Å². The van der Waals surface area contributed by atoms with Gasteiger partial charge in [0.05, 0.1) is 11.8 Å². The molecule has 0 saturated heterocycles. The molecule has 0 aliphatic heterocycles. The molecule has 4 aliphatic carbocycles. The van der Waals surface area contributed by atoms with Crippen LogP contribution in [0.5, 0.6) is 0 Å². The summed E-state index contributed by atoms with van der Waals surface area (Å²) in [5, 5.41) is 12.5. The number of Topliss-reactive ketones (excluding diaryl/α,β-unsaturated/α-hetero) is 1. The van der Waals surface area contributed by atoms with Crippen LogP contribution in [0, 0.1) is 35.5 Å². The first-order chi connectivity index (χ1) is 11.5. The summed E-state index contributed by atoms with van der Waals surface area (Å²) in [6.07, 6.45) is 5.08. The number of carbonyl (C=O) groups is 3. The van der Waals surface area contributed by atoms with Crippen LogP contribution in [0.2, 0.25) is 0 Å². The van der Waals surface area contributed by atoms with E-state index in [4.69, 9.17) is 0 Å². The Hall–Kier alpha value is -2.43. The van der Waals surface area contributed by atoms with E-state index in [0.717, 1.165) is 6.42 Å². The van der Waals surface area contributed by atoms with Gasteiger partial charge in [0.1, 0.15) is 0 Å². The van der Waals surface area contributed by atoms with E-state index in [0.29, 0.717) is 23.1 Å². The predicted molar refractivity (Wildman–Crippen MR) is 87.4 cm³/mol. The molecule has 4 aliphatic rings. The third-order valence-electron chi connectivity index (χ3n) is 5.80. The van der Waals surface area contributed by atoms with E-state index >= 15 is 0 Å². The fourth-order valence-electron chi connectivity index (χ4n) is 4.58. The lowest BCUT2D eigenvalue weighted by atomic mass is 9.62. The Labute approximate surface area is 139 Å². The van der Waals surface area contributed by atoms with Crippen molar-refractivity contribution < 1.29 is 19.5 Å². The second-order valence-corrected chi connectivity index (χ2v) is 7.12. The molecule has 5 nitrogen and oxygen atoms in total. The van der Waals surface area contributed by atoms with Crippen LogP contribution in [-0.2, 0) is 9.59 Å². The van der Waals surface area contributed by atoms with Gasteiger partial charge in [-0.3, -0.25) is 14.4 Å². The number of hydrogen-bond donors (Lipinski definition) is 2. The first-order valence-electron chi connectivity index (χ1n) is 8.30. The van der Waals surface area contributed by atoms with Gasteiger partial charge in [0.2, 0.25) is 5.91 Å². The van der Waals surface area contributed by atoms with Gasteiger partial charge < -0.3 is 10.4 Å². The molecule has 2 N–H and O–H groups in total. The average Bonchev–Trinajstić information content (AvgIpc) is 3.36. The van der Waals surface area contributed by atoms with E-state index in [1.165, 1.54) is 6.92 Å². The van der Waals surface area contributed by atoms with Gasteiger partial charge >= 0.3 is 5.97 Å². The summed E-state index contributed by atoms with van der Waals surface area (Å²) in [7, 11) is 0. The van der Waals surface area contributed by atoms with Gasteiger partial charge in [0.15, 0.2) is 5.78 Å². The monoisotopic (exact) mass is 325 g/mol. The summed E-state index contributed by atoms with van der Waals surface area (Å²) in [6.45, 7) is 1.49. The molecule has 5 heteroatoms. The van der Waals surface area contributed by atoms with Crippen LogP contribution in [0.3, 0.4) is 0 Å². The van der Waals surface area contributed by atoms with Crippen molar-refractivity contribution in [3.63, 3.8) is 0 Å². The number of nitrogens with one attached hydrogen (secondary N) is 1. The molecular weight excluding hydrogens is 306 g/mol. The highest BCUT2D eigenvalue weighted by molar-refractivity contribution is 5.97. The quantitative estimate of drug-likeness (QED) is 0.658. The molecule has 124 valence electrons. The number of anilines is 1. The average molecular weight is 325 g/mol. The van der Waals surface area contributed by atoms with Crippen molar-refractivity contribution in [2.75, 3.05) is 5.32 Å². The minimum Gasteiger partial charge on any atom is -0.481 e. The van der Waals surface area contributed by atoms with Crippen LogP contribution in [0.4, 0.5) is 5.69 Å². The number of carboxylic acid groups (broad SMARTS) is 1. The molecule has 2 fully saturated rings. The maximum atomic E-state index is 12.8. The van der Waals surface area contributed by atoms with Crippen LogP contribution in [0.25, 0.3) is 0 Å². The number of ketones is 1. The summed E-state index contributed by atoms with van der Waals surface area (Å²) >= 11 is 0. The minimum atomic E-state index is -0.883. The van der Waals surface area contributed by atoms with Gasteiger partial charge in [-0.25, -0.2) is 0 Å². The third kappa shape index (κ3) is 2.27. The van der Waals surface area contributed by atoms with Crippen molar-refractivity contribution in [3.8, 4) is 0 Å². The van der Waals surface area contributed by atoms with Crippen LogP contribution in [0.15, 0.2) is 36.4 Å². The molecule has 0 heterocycles. The Morgan fingerprint density at radius 2 is 1.58 bits per heavy atom. The van der Waals surface area contributed by atoms with E-state index in [1.54, 1.807) is 24.3 Å². The lowest BCUT2D eigenvalue weighted by Crippen LogP contribution is -2.48. The largest absolute Gasteiger partial charge is 0.481 e. The summed E-state index contributed by atoms with van der Waals surface area (Å²) in [6, 6.07) is 6.69. The van der Waals surface area contributed by atoms with Crippen molar-refractivity contribution in [1.29, 1.82) is 0 Å². The van der Waals surface area contributed by atoms with Crippen LogP contribution in [0.1, 0.15) is 23.7 Å². The summed E-state index contributed by atoms with van der Waals surface area (Å²) < 4.78 is 0. The topological polar surface area (TPSA) is 83.5 Å². The molecular formula is C19H19NO4. The molecule has 0 spiro atoms. The maximum absolute atomic E-state index is 12.8. The van der Waals surface area contributed by atoms with E-state index < -0.39 is 17.8 Å². The number of carboxylic acids is 1. The lowest BCUT2D eigenvalue weighted by molar-refractivity contribution is -0.152. The summed E-state index contributed by atoms with van der Waals surface area (Å²) in [5.41, 5.74) is 1.17. The molecule has 0 aromatic heterocycles. The minimum absolute atomic E-state index is 0.0201. The number of benzene rings is 1. The highest BCUT2D eigenvalue weighted by Crippen LogP contribution is 2.63. The summed E-state index contributed by atoms with van der Waals surface area (Å²) in [5.74, 6) is -1.39. The van der Waals surface area contributed by atoms with Gasteiger partial charge in [-0.1, -0.05) is 12.2 Å². The van der Waals surface area contributed by atoms with Gasteiger partial charge in [-0.05, 0) is 61.3 Å². The third-order valence-corrected chi connectivity index (χ3v) is 5.80. The highest BCUT2D eigenvalue weighted by Gasteiger charge is 2.62. The number of aliphatic carboxylic acids is 1. The molecule has 1 aromatic carbocycles. The Morgan fingerprint density at radius 1 is 1.00 bits per heavy atom. The molecule has 6 atom stereocenters. The smallest absolute Gasteiger partial charge is 0.307 e. The van der Waals surface area contributed by atoms with E-state index in [2.05, 4.69) is 5.32 Å². The Bertz CT molecular complexity index is 751. The van der Waals surface area contributed by atoms with Crippen molar-refractivity contribution >= 4 is 23.3 Å². The first-order valence-corrected chi connectivity index (χ1v) is 8.30. The maximum Gasteiger partial charge on any atom is 0.307 e. The van der Waals surface area contributed by atoms with Gasteiger partial charge in [-0.15, -0.1) is 0 Å². The zero-order valence-corrected chi connectivity index (χ0v) is 13.3. The number of fused-ring (bicyclic) bond motifs is 1. The number of carbonyl (C=O) groups excluding carboxylic acids is 2. The van der Waals surface area contributed by atoms with Gasteiger partial charge in [0, 0.05) is 11.3 Å². The zero-order chi connectivity index (χ0) is 17.0. The molecule has 2 bridgehead atoms. The van der Waals surface area contributed by atoms with Crippen molar-refractivity contribution in [1.82, 2.24) is 0 Å². The number of allylic oxidation sites excluding steroid dienone is 2. The SMILES string of the molecule is CC(=O)c1ccc(NC(=O)[C@@H]2[C@H]3C=C[C@@H]([C@@H]4C[C@@H]34)[C@@H]2C(=O)O)cc1. The molecule has 5 rings (SSSR count). The van der Waals surface area contributed by atoms with Crippen LogP contribution in [-0.4, -0.2) is 22.8 Å². The molecule has 24 heavy (non-hydrogen) atoms. The Morgan fingerprint density at radius 3 is 2.12 bits per heavy atom. The van der Waals surface area contributed by atoms with E-state index in [9.17, 15) is 19.5 Å². The van der Waals surface area contributed by atoms with Crippen molar-refractivity contribution in [3.05, 3.63) is 42.0 Å². The Balaban J connectivity index is 1.56. The van der Waals surface area contributed by atoms with Gasteiger partial charge in [-0.2, -0.15) is 0 Å². The van der Waals surface area contributed by atoms with E-state index in [1.807, 2.05) is 12.2 Å². The molecule has 0 unspecified atom stereocenters. The number of rotatable bonds is 4. The lowest BCUT2D eigenvalue weighted by Gasteiger charge is -2.41. The summed E-state index contributed by atoms with van der Waals surface area (Å²) in [4.78, 5) is 35.8. The van der Waals surface area contributed by atoms with Crippen LogP contribution < -0.4 is 5.32 Å². The van der Waals surface area contributed by atoms with Crippen LogP contribution >= 0.6 is 0 Å². The Kier molecular flexibility index (Phi) is 3.34. The number of amides is 1. The normalized spacial score (nSPS) is 35.2. The molecule has 0 radical (unpaired) electrons.